The zero-order chi connectivity index (χ0) is 21.4. The Morgan fingerprint density at radius 2 is 2.00 bits per heavy atom. The lowest BCUT2D eigenvalue weighted by atomic mass is 10.1. The van der Waals surface area contributed by atoms with E-state index in [4.69, 9.17) is 4.52 Å². The van der Waals surface area contributed by atoms with Crippen molar-refractivity contribution in [1.82, 2.24) is 20.4 Å². The molecular weight excluding hydrogens is 417 g/mol. The summed E-state index contributed by atoms with van der Waals surface area (Å²) >= 11 is 1.42. The maximum atomic E-state index is 13.5. The van der Waals surface area contributed by atoms with Crippen LogP contribution in [-0.2, 0) is 0 Å². The molecule has 2 N–H and O–H groups in total. The Morgan fingerprint density at radius 3 is 2.84 bits per heavy atom. The fourth-order valence-corrected chi connectivity index (χ4v) is 4.90. The maximum absolute atomic E-state index is 13.5. The minimum absolute atomic E-state index is 0.0475. The van der Waals surface area contributed by atoms with Crippen molar-refractivity contribution in [3.8, 4) is 11.5 Å². The summed E-state index contributed by atoms with van der Waals surface area (Å²) in [6, 6.07) is 11.8. The minimum atomic E-state index is -0.274. The van der Waals surface area contributed by atoms with Crippen molar-refractivity contribution in [2.45, 2.75) is 38.3 Å². The van der Waals surface area contributed by atoms with Crippen LogP contribution < -0.4 is 10.6 Å². The molecule has 7 nitrogen and oxygen atoms in total. The van der Waals surface area contributed by atoms with Crippen LogP contribution in [0.15, 0.2) is 47.0 Å². The fourth-order valence-electron chi connectivity index (χ4n) is 3.94. The van der Waals surface area contributed by atoms with Crippen LogP contribution in [0, 0.1) is 12.7 Å². The van der Waals surface area contributed by atoms with Gasteiger partial charge in [0, 0.05) is 12.1 Å². The van der Waals surface area contributed by atoms with Crippen LogP contribution in [-0.4, -0.2) is 33.1 Å². The van der Waals surface area contributed by atoms with Crippen LogP contribution in [0.5, 0.6) is 0 Å². The number of anilines is 1. The van der Waals surface area contributed by atoms with Crippen LogP contribution in [0.4, 0.5) is 9.52 Å². The molecule has 1 amide bonds. The van der Waals surface area contributed by atoms with Gasteiger partial charge >= 0.3 is 0 Å². The number of aryl methyl sites for hydroxylation is 1. The molecule has 0 saturated heterocycles. The molecule has 9 heteroatoms. The SMILES string of the molecule is Cc1noc(-c2ccccc2C(=O)N[C@@H]2CCC[C@@H]2Nc2nc3ccc(F)cc3s2)n1. The van der Waals surface area contributed by atoms with E-state index < -0.39 is 0 Å². The van der Waals surface area contributed by atoms with Crippen LogP contribution in [0.3, 0.4) is 0 Å². The summed E-state index contributed by atoms with van der Waals surface area (Å²) in [6.45, 7) is 1.74. The zero-order valence-corrected chi connectivity index (χ0v) is 17.6. The van der Waals surface area contributed by atoms with E-state index in [2.05, 4.69) is 25.8 Å². The Kier molecular flexibility index (Phi) is 5.11. The third-order valence-electron chi connectivity index (χ3n) is 5.42. The molecule has 1 aliphatic rings. The van der Waals surface area contributed by atoms with Gasteiger partial charge in [0.1, 0.15) is 5.82 Å². The van der Waals surface area contributed by atoms with Crippen molar-refractivity contribution in [2.24, 2.45) is 0 Å². The van der Waals surface area contributed by atoms with Crippen LogP contribution in [0.2, 0.25) is 0 Å². The number of benzene rings is 2. The van der Waals surface area contributed by atoms with Gasteiger partial charge in [-0.3, -0.25) is 4.79 Å². The molecule has 0 bridgehead atoms. The van der Waals surface area contributed by atoms with Gasteiger partial charge in [-0.2, -0.15) is 4.98 Å². The second-order valence-electron chi connectivity index (χ2n) is 7.59. The fraction of sp³-hybridized carbons (Fsp3) is 0.273. The lowest BCUT2D eigenvalue weighted by Gasteiger charge is -2.22. The number of carbonyl (C=O) groups excluding carboxylic acids is 1. The maximum Gasteiger partial charge on any atom is 0.258 e. The van der Waals surface area contributed by atoms with Crippen molar-refractivity contribution >= 4 is 32.6 Å². The number of nitrogens with one attached hydrogen (secondary N) is 2. The van der Waals surface area contributed by atoms with E-state index >= 15 is 0 Å². The number of aromatic nitrogens is 3. The van der Waals surface area contributed by atoms with Crippen LogP contribution >= 0.6 is 11.3 Å². The normalized spacial score (nSPS) is 18.4. The van der Waals surface area contributed by atoms with E-state index in [1.165, 1.54) is 23.5 Å². The average molecular weight is 438 g/mol. The minimum Gasteiger partial charge on any atom is -0.357 e. The molecule has 2 aromatic heterocycles. The summed E-state index contributed by atoms with van der Waals surface area (Å²) in [4.78, 5) is 21.9. The average Bonchev–Trinajstić information content (AvgIpc) is 3.48. The van der Waals surface area contributed by atoms with Gasteiger partial charge in [-0.05, 0) is 56.5 Å². The number of carbonyl (C=O) groups is 1. The van der Waals surface area contributed by atoms with Crippen LogP contribution in [0.1, 0.15) is 35.4 Å². The van der Waals surface area contributed by atoms with E-state index in [0.717, 1.165) is 34.6 Å². The predicted molar refractivity (Wildman–Crippen MR) is 117 cm³/mol. The van der Waals surface area contributed by atoms with E-state index in [-0.39, 0.29) is 23.8 Å². The molecule has 2 atom stereocenters. The first-order valence-corrected chi connectivity index (χ1v) is 10.9. The second-order valence-corrected chi connectivity index (χ2v) is 8.62. The third-order valence-corrected chi connectivity index (χ3v) is 6.37. The lowest BCUT2D eigenvalue weighted by Crippen LogP contribution is -2.43. The number of halogens is 1. The second kappa shape index (κ2) is 8.07. The van der Waals surface area contributed by atoms with Gasteiger partial charge in [-0.1, -0.05) is 28.6 Å². The van der Waals surface area contributed by atoms with Gasteiger partial charge < -0.3 is 15.2 Å². The molecule has 4 aromatic rings. The number of hydrogen-bond donors (Lipinski definition) is 2. The van der Waals surface area contributed by atoms with E-state index in [9.17, 15) is 9.18 Å². The molecule has 0 aliphatic heterocycles. The molecule has 1 saturated carbocycles. The molecule has 0 unspecified atom stereocenters. The summed E-state index contributed by atoms with van der Waals surface area (Å²) in [5.41, 5.74) is 1.86. The van der Waals surface area contributed by atoms with Gasteiger partial charge in [0.25, 0.3) is 11.8 Å². The number of nitrogens with zero attached hydrogens (tertiary/aromatic N) is 3. The Hall–Kier alpha value is -3.33. The Balaban J connectivity index is 1.33. The van der Waals surface area contributed by atoms with E-state index in [0.29, 0.717) is 22.8 Å². The number of thiazole rings is 1. The van der Waals surface area contributed by atoms with E-state index in [1.54, 1.807) is 25.1 Å². The monoisotopic (exact) mass is 437 g/mol. The highest BCUT2D eigenvalue weighted by Crippen LogP contribution is 2.30. The first-order valence-electron chi connectivity index (χ1n) is 10.1. The third kappa shape index (κ3) is 4.00. The summed E-state index contributed by atoms with van der Waals surface area (Å²) in [6.07, 6.45) is 2.77. The highest BCUT2D eigenvalue weighted by molar-refractivity contribution is 7.22. The smallest absolute Gasteiger partial charge is 0.258 e. The van der Waals surface area contributed by atoms with Crippen molar-refractivity contribution < 1.29 is 13.7 Å². The quantitative estimate of drug-likeness (QED) is 0.476. The van der Waals surface area contributed by atoms with Crippen molar-refractivity contribution in [2.75, 3.05) is 5.32 Å². The molecule has 0 spiro atoms. The van der Waals surface area contributed by atoms with E-state index in [1.807, 2.05) is 12.1 Å². The highest BCUT2D eigenvalue weighted by Gasteiger charge is 2.30. The number of hydrogen-bond acceptors (Lipinski definition) is 7. The molecule has 2 heterocycles. The topological polar surface area (TPSA) is 92.9 Å². The number of amides is 1. The largest absolute Gasteiger partial charge is 0.357 e. The molecule has 2 aromatic carbocycles. The Labute approximate surface area is 181 Å². The Morgan fingerprint density at radius 1 is 1.16 bits per heavy atom. The Bertz CT molecular complexity index is 1250. The molecule has 5 rings (SSSR count). The van der Waals surface area contributed by atoms with Crippen molar-refractivity contribution in [3.05, 3.63) is 59.7 Å². The molecule has 1 aliphatic carbocycles. The van der Waals surface area contributed by atoms with Gasteiger partial charge in [0.15, 0.2) is 11.0 Å². The molecule has 31 heavy (non-hydrogen) atoms. The summed E-state index contributed by atoms with van der Waals surface area (Å²) in [5.74, 6) is 0.382. The molecular formula is C22H20FN5O2S. The van der Waals surface area contributed by atoms with Gasteiger partial charge in [0.2, 0.25) is 0 Å². The van der Waals surface area contributed by atoms with Crippen LogP contribution in [0.25, 0.3) is 21.7 Å². The summed E-state index contributed by atoms with van der Waals surface area (Å²) in [5, 5.41) is 11.1. The molecule has 1 fully saturated rings. The summed E-state index contributed by atoms with van der Waals surface area (Å²) < 4.78 is 19.5. The molecule has 158 valence electrons. The predicted octanol–water partition coefficient (Wildman–Crippen LogP) is 4.56. The summed E-state index contributed by atoms with van der Waals surface area (Å²) in [7, 11) is 0. The van der Waals surface area contributed by atoms with Crippen molar-refractivity contribution in [1.29, 1.82) is 0 Å². The van der Waals surface area contributed by atoms with Gasteiger partial charge in [-0.15, -0.1) is 0 Å². The lowest BCUT2D eigenvalue weighted by molar-refractivity contribution is 0.0936. The van der Waals surface area contributed by atoms with Crippen molar-refractivity contribution in [3.63, 3.8) is 0 Å². The van der Waals surface area contributed by atoms with Gasteiger partial charge in [-0.25, -0.2) is 9.37 Å². The standard InChI is InChI=1S/C22H20FN5O2S/c1-12-24-21(30-28-12)15-6-3-2-5-14(15)20(29)25-16-7-4-8-17(16)26-22-27-18-10-9-13(23)11-19(18)31-22/h2-3,5-6,9-11,16-17H,4,7-8H2,1H3,(H,25,29)(H,26,27)/t16-,17+/m1/s1. The molecule has 0 radical (unpaired) electrons. The zero-order valence-electron chi connectivity index (χ0n) is 16.8. The number of rotatable bonds is 5. The highest BCUT2D eigenvalue weighted by atomic mass is 32.1. The number of fused-ring (bicyclic) bond motifs is 1. The first-order chi connectivity index (χ1) is 15.1. The van der Waals surface area contributed by atoms with Gasteiger partial charge in [0.05, 0.1) is 21.3 Å². The first kappa shape index (κ1) is 19.6.